The summed E-state index contributed by atoms with van der Waals surface area (Å²) in [6.07, 6.45) is 3.76. The maximum absolute atomic E-state index is 5.79. The van der Waals surface area contributed by atoms with Gasteiger partial charge in [0.1, 0.15) is 10.6 Å². The van der Waals surface area contributed by atoms with Crippen LogP contribution in [-0.2, 0) is 17.9 Å². The Labute approximate surface area is 130 Å². The molecule has 0 bridgehead atoms. The van der Waals surface area contributed by atoms with Crippen molar-refractivity contribution in [3.05, 3.63) is 58.4 Å². The molecule has 0 radical (unpaired) electrons. The second-order valence-corrected chi connectivity index (χ2v) is 4.86. The van der Waals surface area contributed by atoms with E-state index in [1.807, 2.05) is 47.3 Å². The summed E-state index contributed by atoms with van der Waals surface area (Å²) in [4.78, 5) is 4.08. The first kappa shape index (κ1) is 14.5. The third-order valence-electron chi connectivity index (χ3n) is 2.64. The van der Waals surface area contributed by atoms with E-state index in [4.69, 9.17) is 16.3 Å². The van der Waals surface area contributed by atoms with Crippen LogP contribution in [0.1, 0.15) is 11.1 Å². The highest BCUT2D eigenvalue weighted by molar-refractivity contribution is 14.1. The van der Waals surface area contributed by atoms with Gasteiger partial charge in [0, 0.05) is 25.1 Å². The van der Waals surface area contributed by atoms with E-state index in [1.165, 1.54) is 0 Å². The first-order chi connectivity index (χ1) is 9.24. The molecule has 0 fully saturated rings. The van der Waals surface area contributed by atoms with Crippen molar-refractivity contribution < 1.29 is 4.74 Å². The third-order valence-corrected chi connectivity index (χ3v) is 3.32. The Morgan fingerprint density at radius 1 is 1.42 bits per heavy atom. The van der Waals surface area contributed by atoms with E-state index in [1.54, 1.807) is 19.4 Å². The minimum atomic E-state index is 0.501. The normalized spacial score (nSPS) is 11.8. The molecule has 4 nitrogen and oxygen atoms in total. The van der Waals surface area contributed by atoms with Gasteiger partial charge in [-0.2, -0.15) is 3.21 Å². The summed E-state index contributed by atoms with van der Waals surface area (Å²) in [7, 11) is 1.68. The molecule has 0 aliphatic carbocycles. The second-order valence-electron chi connectivity index (χ2n) is 3.99. The zero-order valence-corrected chi connectivity index (χ0v) is 13.3. The van der Waals surface area contributed by atoms with E-state index in [-0.39, 0.29) is 0 Å². The molecule has 0 amide bonds. The van der Waals surface area contributed by atoms with Crippen molar-refractivity contribution >= 4 is 34.5 Å². The molecule has 2 aromatic heterocycles. The standard InChI is InChI=1S/C13H13ClIN3O/c1-19-9-11-3-2-6-18(13(11)17-15)8-10-4-5-12(14)16-7-10/h2-7H,8-9H2,1H3. The molecule has 2 heterocycles. The number of pyridine rings is 2. The van der Waals surface area contributed by atoms with Crippen LogP contribution in [0.15, 0.2) is 39.9 Å². The molecule has 0 atom stereocenters. The Bertz CT molecular complexity index is 610. The number of nitrogens with zero attached hydrogens (tertiary/aromatic N) is 3. The molecule has 0 saturated heterocycles. The quantitative estimate of drug-likeness (QED) is 0.596. The van der Waals surface area contributed by atoms with Crippen LogP contribution in [0.3, 0.4) is 0 Å². The molecule has 0 saturated carbocycles. The average Bonchev–Trinajstić information content (AvgIpc) is 2.42. The summed E-state index contributed by atoms with van der Waals surface area (Å²) in [5.41, 5.74) is 3.03. The topological polar surface area (TPSA) is 39.4 Å². The predicted molar refractivity (Wildman–Crippen MR) is 83.1 cm³/mol. The molecule has 6 heteroatoms. The monoisotopic (exact) mass is 389 g/mol. The Morgan fingerprint density at radius 2 is 2.26 bits per heavy atom. The van der Waals surface area contributed by atoms with Gasteiger partial charge in [-0.15, -0.1) is 0 Å². The zero-order valence-electron chi connectivity index (χ0n) is 10.4. The van der Waals surface area contributed by atoms with Crippen molar-refractivity contribution in [2.45, 2.75) is 13.2 Å². The number of halogens is 2. The number of ether oxygens (including phenoxy) is 1. The minimum absolute atomic E-state index is 0.501. The van der Waals surface area contributed by atoms with E-state index in [2.05, 4.69) is 12.8 Å². The second kappa shape index (κ2) is 7.02. The molecule has 2 aromatic rings. The SMILES string of the molecule is COCc1cccn(Cc2ccc(Cl)nc2)c1=NI. The summed E-state index contributed by atoms with van der Waals surface area (Å²) in [6.45, 7) is 1.24. The van der Waals surface area contributed by atoms with Crippen molar-refractivity contribution in [3.63, 3.8) is 0 Å². The lowest BCUT2D eigenvalue weighted by Gasteiger charge is -2.10. The third kappa shape index (κ3) is 3.77. The van der Waals surface area contributed by atoms with Crippen LogP contribution in [0.2, 0.25) is 5.15 Å². The van der Waals surface area contributed by atoms with Crippen LogP contribution in [0.5, 0.6) is 0 Å². The zero-order chi connectivity index (χ0) is 13.7. The van der Waals surface area contributed by atoms with E-state index in [9.17, 15) is 0 Å². The van der Waals surface area contributed by atoms with Crippen molar-refractivity contribution in [1.82, 2.24) is 9.55 Å². The highest BCUT2D eigenvalue weighted by Gasteiger charge is 2.02. The van der Waals surface area contributed by atoms with Gasteiger partial charge >= 0.3 is 0 Å². The molecule has 100 valence electrons. The fraction of sp³-hybridized carbons (Fsp3) is 0.231. The van der Waals surface area contributed by atoms with E-state index >= 15 is 0 Å². The van der Waals surface area contributed by atoms with Crippen molar-refractivity contribution in [3.8, 4) is 0 Å². The van der Waals surface area contributed by atoms with Crippen LogP contribution in [-0.4, -0.2) is 16.7 Å². The van der Waals surface area contributed by atoms with Crippen LogP contribution in [0.4, 0.5) is 0 Å². The van der Waals surface area contributed by atoms with Crippen molar-refractivity contribution in [1.29, 1.82) is 0 Å². The number of rotatable bonds is 4. The van der Waals surface area contributed by atoms with Gasteiger partial charge in [0.25, 0.3) is 0 Å². The number of methoxy groups -OCH3 is 1. The van der Waals surface area contributed by atoms with Crippen LogP contribution >= 0.6 is 34.5 Å². The lowest BCUT2D eigenvalue weighted by Crippen LogP contribution is -2.24. The van der Waals surface area contributed by atoms with Gasteiger partial charge in [-0.3, -0.25) is 0 Å². The molecular weight excluding hydrogens is 377 g/mol. The van der Waals surface area contributed by atoms with Gasteiger partial charge < -0.3 is 9.30 Å². The first-order valence-electron chi connectivity index (χ1n) is 5.67. The van der Waals surface area contributed by atoms with Crippen molar-refractivity contribution in [2.24, 2.45) is 3.21 Å². The fourth-order valence-electron chi connectivity index (χ4n) is 1.79. The maximum Gasteiger partial charge on any atom is 0.144 e. The van der Waals surface area contributed by atoms with Crippen LogP contribution < -0.4 is 5.49 Å². The van der Waals surface area contributed by atoms with Gasteiger partial charge in [-0.05, 0) is 17.7 Å². The van der Waals surface area contributed by atoms with E-state index < -0.39 is 0 Å². The van der Waals surface area contributed by atoms with Gasteiger partial charge in [0.2, 0.25) is 0 Å². The minimum Gasteiger partial charge on any atom is -0.380 e. The lowest BCUT2D eigenvalue weighted by molar-refractivity contribution is 0.183. The summed E-state index contributed by atoms with van der Waals surface area (Å²) in [5.74, 6) is 0. The van der Waals surface area contributed by atoms with Crippen molar-refractivity contribution in [2.75, 3.05) is 7.11 Å². The maximum atomic E-state index is 5.79. The fourth-order valence-corrected chi connectivity index (χ4v) is 2.49. The Kier molecular flexibility index (Phi) is 5.35. The smallest absolute Gasteiger partial charge is 0.144 e. The largest absolute Gasteiger partial charge is 0.380 e. The van der Waals surface area contributed by atoms with Gasteiger partial charge in [0.05, 0.1) is 36.0 Å². The lowest BCUT2D eigenvalue weighted by atomic mass is 10.2. The molecule has 0 aliphatic heterocycles. The summed E-state index contributed by atoms with van der Waals surface area (Å²) in [6, 6.07) is 7.75. The molecule has 0 spiro atoms. The summed E-state index contributed by atoms with van der Waals surface area (Å²) < 4.78 is 11.6. The Balaban J connectivity index is 2.35. The number of hydrogen-bond acceptors (Lipinski definition) is 3. The van der Waals surface area contributed by atoms with Gasteiger partial charge in [-0.1, -0.05) is 23.7 Å². The highest BCUT2D eigenvalue weighted by Crippen LogP contribution is 2.06. The molecule has 0 unspecified atom stereocenters. The molecule has 0 aromatic carbocycles. The molecule has 0 N–H and O–H groups in total. The van der Waals surface area contributed by atoms with Crippen LogP contribution in [0, 0.1) is 0 Å². The van der Waals surface area contributed by atoms with E-state index in [0.29, 0.717) is 18.3 Å². The van der Waals surface area contributed by atoms with Crippen LogP contribution in [0.25, 0.3) is 0 Å². The Morgan fingerprint density at radius 3 is 2.89 bits per heavy atom. The summed E-state index contributed by atoms with van der Waals surface area (Å²) in [5, 5.41) is 0.501. The predicted octanol–water partition coefficient (Wildman–Crippen LogP) is 2.98. The molecule has 19 heavy (non-hydrogen) atoms. The summed E-state index contributed by atoms with van der Waals surface area (Å²) >= 11 is 7.79. The molecular formula is C13H13ClIN3O. The van der Waals surface area contributed by atoms with Gasteiger partial charge in [-0.25, -0.2) is 4.98 Å². The van der Waals surface area contributed by atoms with Gasteiger partial charge in [0.15, 0.2) is 0 Å². The molecule has 2 rings (SSSR count). The average molecular weight is 390 g/mol. The molecule has 0 aliphatic rings. The number of hydrogen-bond donors (Lipinski definition) is 0. The first-order valence-corrected chi connectivity index (χ1v) is 7.01. The van der Waals surface area contributed by atoms with E-state index in [0.717, 1.165) is 16.6 Å². The number of aromatic nitrogens is 2. The highest BCUT2D eigenvalue weighted by atomic mass is 127. The Hall–Kier alpha value is -0.920.